The Morgan fingerprint density at radius 1 is 1.13 bits per heavy atom. The van der Waals surface area contributed by atoms with Crippen LogP contribution in [0.15, 0.2) is 48.7 Å². The summed E-state index contributed by atoms with van der Waals surface area (Å²) >= 11 is 13.8. The molecule has 3 rings (SSSR count). The molecule has 0 saturated heterocycles. The molecular formula is C22H22Cl2N2O3S. The van der Waals surface area contributed by atoms with Gasteiger partial charge in [-0.15, -0.1) is 11.8 Å². The second kappa shape index (κ2) is 10.8. The number of nitrogens with one attached hydrogen (secondary N) is 2. The highest BCUT2D eigenvalue weighted by atomic mass is 35.5. The van der Waals surface area contributed by atoms with Gasteiger partial charge in [0.05, 0.1) is 18.1 Å². The average Bonchev–Trinajstić information content (AvgIpc) is 3.14. The van der Waals surface area contributed by atoms with Crippen molar-refractivity contribution in [2.45, 2.75) is 12.8 Å². The number of carbonyl (C=O) groups excluding carboxylic acids is 2. The average molecular weight is 465 g/mol. The van der Waals surface area contributed by atoms with E-state index in [1.165, 1.54) is 11.8 Å². The van der Waals surface area contributed by atoms with Crippen molar-refractivity contribution in [1.29, 1.82) is 0 Å². The fourth-order valence-corrected chi connectivity index (χ4v) is 4.43. The number of aromatic amines is 1. The van der Waals surface area contributed by atoms with Crippen LogP contribution in [-0.4, -0.2) is 41.5 Å². The predicted molar refractivity (Wildman–Crippen MR) is 124 cm³/mol. The Bertz CT molecular complexity index is 1040. The van der Waals surface area contributed by atoms with Crippen LogP contribution in [0.5, 0.6) is 0 Å². The number of esters is 1. The Labute approximate surface area is 189 Å². The second-order valence-electron chi connectivity index (χ2n) is 6.61. The van der Waals surface area contributed by atoms with Gasteiger partial charge in [-0.3, -0.25) is 9.59 Å². The van der Waals surface area contributed by atoms with Gasteiger partial charge in [-0.25, -0.2) is 0 Å². The number of carbonyl (C=O) groups is 2. The third-order valence-electron chi connectivity index (χ3n) is 4.60. The van der Waals surface area contributed by atoms with Crippen molar-refractivity contribution in [3.8, 4) is 0 Å². The summed E-state index contributed by atoms with van der Waals surface area (Å²) in [5, 5.41) is 5.13. The molecule has 0 fully saturated rings. The largest absolute Gasteiger partial charge is 0.465 e. The standard InChI is InChI=1S/C22H22Cl2N2O3S/c1-2-29-22(28)13-30-12-21(27)26-11-17(15-8-7-14(23)9-19(15)24)18-10-25-20-6-4-3-5-16(18)20/h3-10,17,25H,2,11-13H2,1H3,(H,26,27)/t17-/m0/s1. The van der Waals surface area contributed by atoms with E-state index < -0.39 is 0 Å². The van der Waals surface area contributed by atoms with Gasteiger partial charge in [-0.2, -0.15) is 0 Å². The number of H-pyrrole nitrogens is 1. The maximum absolute atomic E-state index is 12.3. The Balaban J connectivity index is 1.76. The van der Waals surface area contributed by atoms with Crippen LogP contribution in [0.2, 0.25) is 10.0 Å². The minimum atomic E-state index is -0.320. The van der Waals surface area contributed by atoms with E-state index in [9.17, 15) is 9.59 Å². The lowest BCUT2D eigenvalue weighted by molar-refractivity contribution is -0.139. The van der Waals surface area contributed by atoms with Crippen molar-refractivity contribution >= 4 is 57.7 Å². The molecule has 0 aliphatic heterocycles. The van der Waals surface area contributed by atoms with Crippen molar-refractivity contribution in [2.75, 3.05) is 24.7 Å². The number of benzene rings is 2. The van der Waals surface area contributed by atoms with Crippen molar-refractivity contribution in [3.05, 3.63) is 69.8 Å². The summed E-state index contributed by atoms with van der Waals surface area (Å²) < 4.78 is 4.87. The van der Waals surface area contributed by atoms with Crippen LogP contribution in [0.3, 0.4) is 0 Å². The van der Waals surface area contributed by atoms with E-state index in [1.807, 2.05) is 36.5 Å². The quantitative estimate of drug-likeness (QED) is 0.436. The maximum Gasteiger partial charge on any atom is 0.315 e. The van der Waals surface area contributed by atoms with Crippen LogP contribution in [0, 0.1) is 0 Å². The zero-order valence-electron chi connectivity index (χ0n) is 16.4. The Kier molecular flexibility index (Phi) is 8.08. The van der Waals surface area contributed by atoms with E-state index >= 15 is 0 Å². The molecule has 2 aromatic carbocycles. The molecule has 2 N–H and O–H groups in total. The summed E-state index contributed by atoms with van der Waals surface area (Å²) in [6.45, 7) is 2.45. The minimum Gasteiger partial charge on any atom is -0.465 e. The van der Waals surface area contributed by atoms with Gasteiger partial charge in [0.1, 0.15) is 0 Å². The molecule has 5 nitrogen and oxygen atoms in total. The molecule has 0 radical (unpaired) electrons. The molecule has 3 aromatic rings. The molecule has 1 amide bonds. The van der Waals surface area contributed by atoms with Gasteiger partial charge >= 0.3 is 5.97 Å². The number of halogens is 2. The second-order valence-corrected chi connectivity index (χ2v) is 8.44. The molecule has 0 aliphatic rings. The first kappa shape index (κ1) is 22.5. The Hall–Kier alpha value is -2.15. The number of fused-ring (bicyclic) bond motifs is 1. The summed E-state index contributed by atoms with van der Waals surface area (Å²) in [4.78, 5) is 27.0. The lowest BCUT2D eigenvalue weighted by atomic mass is 9.90. The molecule has 0 aliphatic carbocycles. The SMILES string of the molecule is CCOC(=O)CSCC(=O)NC[C@@H](c1ccc(Cl)cc1Cl)c1c[nH]c2ccccc12. The van der Waals surface area contributed by atoms with Crippen molar-refractivity contribution in [2.24, 2.45) is 0 Å². The number of aromatic nitrogens is 1. The van der Waals surface area contributed by atoms with Gasteiger partial charge in [-0.1, -0.05) is 47.5 Å². The van der Waals surface area contributed by atoms with Gasteiger partial charge in [0, 0.05) is 39.6 Å². The first-order valence-electron chi connectivity index (χ1n) is 9.50. The van der Waals surface area contributed by atoms with Crippen LogP contribution < -0.4 is 5.32 Å². The minimum absolute atomic E-state index is 0.149. The lowest BCUT2D eigenvalue weighted by Crippen LogP contribution is -2.30. The van der Waals surface area contributed by atoms with E-state index in [0.29, 0.717) is 23.2 Å². The summed E-state index contributed by atoms with van der Waals surface area (Å²) in [7, 11) is 0. The van der Waals surface area contributed by atoms with Crippen LogP contribution in [0.25, 0.3) is 10.9 Å². The first-order valence-corrected chi connectivity index (χ1v) is 11.4. The molecule has 1 aromatic heterocycles. The highest BCUT2D eigenvalue weighted by Gasteiger charge is 2.21. The van der Waals surface area contributed by atoms with E-state index in [1.54, 1.807) is 19.1 Å². The molecule has 30 heavy (non-hydrogen) atoms. The van der Waals surface area contributed by atoms with Crippen molar-refractivity contribution < 1.29 is 14.3 Å². The zero-order chi connectivity index (χ0) is 21.5. The molecule has 158 valence electrons. The fourth-order valence-electron chi connectivity index (χ4n) is 3.25. The summed E-state index contributed by atoms with van der Waals surface area (Å²) in [6.07, 6.45) is 1.95. The van der Waals surface area contributed by atoms with Gasteiger partial charge < -0.3 is 15.0 Å². The molecule has 1 atom stereocenters. The van der Waals surface area contributed by atoms with Crippen LogP contribution in [0.1, 0.15) is 24.0 Å². The number of thioether (sulfide) groups is 1. The fraction of sp³-hybridized carbons (Fsp3) is 0.273. The Morgan fingerprint density at radius 2 is 1.93 bits per heavy atom. The van der Waals surface area contributed by atoms with Crippen molar-refractivity contribution in [3.63, 3.8) is 0 Å². The van der Waals surface area contributed by atoms with E-state index in [-0.39, 0.29) is 29.3 Å². The van der Waals surface area contributed by atoms with Gasteiger partial charge in [0.2, 0.25) is 5.91 Å². The lowest BCUT2D eigenvalue weighted by Gasteiger charge is -2.19. The van der Waals surface area contributed by atoms with E-state index in [0.717, 1.165) is 22.0 Å². The topological polar surface area (TPSA) is 71.2 Å². The summed E-state index contributed by atoms with van der Waals surface area (Å²) in [5.74, 6) is -0.312. The highest BCUT2D eigenvalue weighted by Crippen LogP contribution is 2.35. The number of amides is 1. The van der Waals surface area contributed by atoms with Crippen LogP contribution in [0.4, 0.5) is 0 Å². The number of hydrogen-bond donors (Lipinski definition) is 2. The first-order chi connectivity index (χ1) is 14.5. The molecule has 1 heterocycles. The van der Waals surface area contributed by atoms with E-state index in [2.05, 4.69) is 10.3 Å². The smallest absolute Gasteiger partial charge is 0.315 e. The summed E-state index contributed by atoms with van der Waals surface area (Å²) in [6, 6.07) is 13.4. The molecule has 0 bridgehead atoms. The third kappa shape index (κ3) is 5.72. The summed E-state index contributed by atoms with van der Waals surface area (Å²) in [5.41, 5.74) is 2.93. The molecule has 8 heteroatoms. The van der Waals surface area contributed by atoms with Gasteiger partial charge in [0.15, 0.2) is 0 Å². The number of rotatable bonds is 9. The molecule has 0 spiro atoms. The highest BCUT2D eigenvalue weighted by molar-refractivity contribution is 8.00. The third-order valence-corrected chi connectivity index (χ3v) is 6.06. The molecular weight excluding hydrogens is 443 g/mol. The van der Waals surface area contributed by atoms with E-state index in [4.69, 9.17) is 27.9 Å². The zero-order valence-corrected chi connectivity index (χ0v) is 18.7. The Morgan fingerprint density at radius 3 is 2.70 bits per heavy atom. The predicted octanol–water partition coefficient (Wildman–Crippen LogP) is 5.02. The number of ether oxygens (including phenoxy) is 1. The number of para-hydroxylation sites is 1. The molecule has 0 unspecified atom stereocenters. The molecule has 0 saturated carbocycles. The van der Waals surface area contributed by atoms with Gasteiger partial charge in [-0.05, 0) is 36.2 Å². The van der Waals surface area contributed by atoms with Crippen molar-refractivity contribution in [1.82, 2.24) is 10.3 Å². The van der Waals surface area contributed by atoms with Crippen LogP contribution in [-0.2, 0) is 14.3 Å². The normalized spacial score (nSPS) is 12.0. The number of hydrogen-bond acceptors (Lipinski definition) is 4. The van der Waals surface area contributed by atoms with Crippen LogP contribution >= 0.6 is 35.0 Å². The monoisotopic (exact) mass is 464 g/mol. The van der Waals surface area contributed by atoms with Gasteiger partial charge in [0.25, 0.3) is 0 Å². The maximum atomic E-state index is 12.3.